The van der Waals surface area contributed by atoms with E-state index in [1.165, 1.54) is 5.56 Å². The quantitative estimate of drug-likeness (QED) is 0.803. The van der Waals surface area contributed by atoms with E-state index in [0.717, 1.165) is 22.0 Å². The summed E-state index contributed by atoms with van der Waals surface area (Å²) in [6, 6.07) is 13.8. The molecule has 106 valence electrons. The van der Waals surface area contributed by atoms with Gasteiger partial charge in [0.2, 0.25) is 0 Å². The Hall–Kier alpha value is -2.40. The van der Waals surface area contributed by atoms with Crippen LogP contribution < -0.4 is 5.32 Å². The van der Waals surface area contributed by atoms with Crippen LogP contribution in [-0.4, -0.2) is 20.2 Å². The molecule has 5 nitrogen and oxygen atoms in total. The molecule has 3 rings (SSSR count). The molecule has 0 unspecified atom stereocenters. The molecule has 0 saturated heterocycles. The maximum absolute atomic E-state index is 5.98. The van der Waals surface area contributed by atoms with Gasteiger partial charge in [-0.3, -0.25) is 0 Å². The number of aromatic nitrogens is 4. The second-order valence-corrected chi connectivity index (χ2v) is 5.13. The summed E-state index contributed by atoms with van der Waals surface area (Å²) < 4.78 is 1.64. The van der Waals surface area contributed by atoms with Crippen molar-refractivity contribution in [3.05, 3.63) is 64.9 Å². The number of tetrazole rings is 1. The normalized spacial score (nSPS) is 10.6. The molecule has 0 aliphatic heterocycles. The molecule has 6 heteroatoms. The van der Waals surface area contributed by atoms with E-state index >= 15 is 0 Å². The molecule has 0 aliphatic rings. The van der Waals surface area contributed by atoms with Gasteiger partial charge in [0, 0.05) is 11.6 Å². The number of hydrogen-bond donors (Lipinski definition) is 1. The van der Waals surface area contributed by atoms with E-state index < -0.39 is 0 Å². The molecule has 1 aromatic heterocycles. The minimum absolute atomic E-state index is 0.710. The van der Waals surface area contributed by atoms with Gasteiger partial charge in [0.25, 0.3) is 0 Å². The zero-order chi connectivity index (χ0) is 14.7. The molecular formula is C15H14ClN5. The standard InChI is InChI=1S/C15H14ClN5/c1-11-8-13(16)7-6-12(11)9-17-14-4-2-3-5-15(14)21-10-18-19-20-21/h2-8,10,17H,9H2,1H3. The second kappa shape index (κ2) is 5.93. The van der Waals surface area contributed by atoms with E-state index in [1.54, 1.807) is 11.0 Å². The molecule has 0 spiro atoms. The third-order valence-electron chi connectivity index (χ3n) is 3.27. The summed E-state index contributed by atoms with van der Waals surface area (Å²) in [5, 5.41) is 15.4. The fourth-order valence-electron chi connectivity index (χ4n) is 2.14. The number of hydrogen-bond acceptors (Lipinski definition) is 4. The highest BCUT2D eigenvalue weighted by Crippen LogP contribution is 2.21. The Morgan fingerprint density at radius 1 is 1.19 bits per heavy atom. The molecule has 0 atom stereocenters. The third kappa shape index (κ3) is 3.03. The summed E-state index contributed by atoms with van der Waals surface area (Å²) >= 11 is 5.98. The summed E-state index contributed by atoms with van der Waals surface area (Å²) in [5.74, 6) is 0. The van der Waals surface area contributed by atoms with Gasteiger partial charge in [-0.05, 0) is 52.7 Å². The fraction of sp³-hybridized carbons (Fsp3) is 0.133. The minimum Gasteiger partial charge on any atom is -0.379 e. The van der Waals surface area contributed by atoms with Gasteiger partial charge in [0.1, 0.15) is 6.33 Å². The molecule has 0 amide bonds. The average Bonchev–Trinajstić information content (AvgIpc) is 3.01. The molecule has 1 heterocycles. The highest BCUT2D eigenvalue weighted by molar-refractivity contribution is 6.30. The van der Waals surface area contributed by atoms with Crippen LogP contribution in [0.5, 0.6) is 0 Å². The molecule has 0 radical (unpaired) electrons. The van der Waals surface area contributed by atoms with Crippen molar-refractivity contribution in [3.63, 3.8) is 0 Å². The number of rotatable bonds is 4. The Balaban J connectivity index is 1.83. The lowest BCUT2D eigenvalue weighted by molar-refractivity contribution is 0.789. The van der Waals surface area contributed by atoms with E-state index in [9.17, 15) is 0 Å². The van der Waals surface area contributed by atoms with Gasteiger partial charge in [-0.2, -0.15) is 4.68 Å². The van der Waals surface area contributed by atoms with Crippen molar-refractivity contribution in [1.82, 2.24) is 20.2 Å². The Labute approximate surface area is 127 Å². The number of halogens is 1. The third-order valence-corrected chi connectivity index (χ3v) is 3.51. The van der Waals surface area contributed by atoms with Crippen LogP contribution in [0.3, 0.4) is 0 Å². The highest BCUT2D eigenvalue weighted by Gasteiger charge is 2.06. The Bertz CT molecular complexity index is 740. The van der Waals surface area contributed by atoms with E-state index in [-0.39, 0.29) is 0 Å². The summed E-state index contributed by atoms with van der Waals surface area (Å²) in [6.07, 6.45) is 1.58. The lowest BCUT2D eigenvalue weighted by Gasteiger charge is -2.12. The molecule has 1 N–H and O–H groups in total. The molecule has 0 bridgehead atoms. The summed E-state index contributed by atoms with van der Waals surface area (Å²) in [6.45, 7) is 2.76. The monoisotopic (exact) mass is 299 g/mol. The van der Waals surface area contributed by atoms with E-state index in [2.05, 4.69) is 27.8 Å². The first-order chi connectivity index (χ1) is 10.2. The molecule has 0 fully saturated rings. The lowest BCUT2D eigenvalue weighted by atomic mass is 10.1. The molecule has 21 heavy (non-hydrogen) atoms. The maximum Gasteiger partial charge on any atom is 0.143 e. The largest absolute Gasteiger partial charge is 0.379 e. The van der Waals surface area contributed by atoms with Crippen LogP contribution in [0.15, 0.2) is 48.8 Å². The summed E-state index contributed by atoms with van der Waals surface area (Å²) in [7, 11) is 0. The van der Waals surface area contributed by atoms with E-state index in [4.69, 9.17) is 11.6 Å². The fourth-order valence-corrected chi connectivity index (χ4v) is 2.37. The summed E-state index contributed by atoms with van der Waals surface area (Å²) in [5.41, 5.74) is 4.24. The molecule has 0 saturated carbocycles. The minimum atomic E-state index is 0.710. The van der Waals surface area contributed by atoms with Crippen molar-refractivity contribution in [2.75, 3.05) is 5.32 Å². The SMILES string of the molecule is Cc1cc(Cl)ccc1CNc1ccccc1-n1cnnn1. The van der Waals surface area contributed by atoms with E-state index in [0.29, 0.717) is 6.54 Å². The van der Waals surface area contributed by atoms with Gasteiger partial charge in [-0.1, -0.05) is 29.8 Å². The number of nitrogens with one attached hydrogen (secondary N) is 1. The molecule has 3 aromatic rings. The number of benzene rings is 2. The van der Waals surface area contributed by atoms with E-state index in [1.807, 2.05) is 42.5 Å². The summed E-state index contributed by atoms with van der Waals surface area (Å²) in [4.78, 5) is 0. The zero-order valence-corrected chi connectivity index (χ0v) is 12.2. The maximum atomic E-state index is 5.98. The van der Waals surface area contributed by atoms with Crippen molar-refractivity contribution in [1.29, 1.82) is 0 Å². The van der Waals surface area contributed by atoms with Gasteiger partial charge in [-0.25, -0.2) is 0 Å². The Morgan fingerprint density at radius 3 is 2.81 bits per heavy atom. The van der Waals surface area contributed by atoms with Crippen LogP contribution in [0.1, 0.15) is 11.1 Å². The van der Waals surface area contributed by atoms with Gasteiger partial charge < -0.3 is 5.32 Å². The van der Waals surface area contributed by atoms with Crippen LogP contribution in [0.2, 0.25) is 5.02 Å². The van der Waals surface area contributed by atoms with Crippen molar-refractivity contribution in [2.45, 2.75) is 13.5 Å². The molecule has 0 aliphatic carbocycles. The molecule has 2 aromatic carbocycles. The Morgan fingerprint density at radius 2 is 2.05 bits per heavy atom. The first-order valence-electron chi connectivity index (χ1n) is 6.55. The molecular weight excluding hydrogens is 286 g/mol. The van der Waals surface area contributed by atoms with Crippen molar-refractivity contribution in [3.8, 4) is 5.69 Å². The second-order valence-electron chi connectivity index (χ2n) is 4.70. The van der Waals surface area contributed by atoms with Crippen LogP contribution in [-0.2, 0) is 6.54 Å². The topological polar surface area (TPSA) is 55.6 Å². The Kier molecular flexibility index (Phi) is 3.83. The first-order valence-corrected chi connectivity index (χ1v) is 6.93. The van der Waals surface area contributed by atoms with Crippen LogP contribution in [0, 0.1) is 6.92 Å². The van der Waals surface area contributed by atoms with Crippen LogP contribution in [0.25, 0.3) is 5.69 Å². The van der Waals surface area contributed by atoms with Crippen molar-refractivity contribution < 1.29 is 0 Å². The smallest absolute Gasteiger partial charge is 0.143 e. The van der Waals surface area contributed by atoms with Gasteiger partial charge in [0.05, 0.1) is 11.4 Å². The number of anilines is 1. The van der Waals surface area contributed by atoms with Crippen molar-refractivity contribution in [2.24, 2.45) is 0 Å². The number of nitrogens with zero attached hydrogens (tertiary/aromatic N) is 4. The van der Waals surface area contributed by atoms with Crippen LogP contribution >= 0.6 is 11.6 Å². The van der Waals surface area contributed by atoms with Gasteiger partial charge >= 0.3 is 0 Å². The highest BCUT2D eigenvalue weighted by atomic mass is 35.5. The van der Waals surface area contributed by atoms with Crippen LogP contribution in [0.4, 0.5) is 5.69 Å². The van der Waals surface area contributed by atoms with Gasteiger partial charge in [-0.15, -0.1) is 5.10 Å². The van der Waals surface area contributed by atoms with Gasteiger partial charge in [0.15, 0.2) is 0 Å². The average molecular weight is 300 g/mol. The predicted octanol–water partition coefficient (Wildman–Crippen LogP) is 3.24. The number of aryl methyl sites for hydroxylation is 1. The van der Waals surface area contributed by atoms with Crippen molar-refractivity contribution >= 4 is 17.3 Å². The zero-order valence-electron chi connectivity index (χ0n) is 11.5. The number of para-hydroxylation sites is 2. The lowest BCUT2D eigenvalue weighted by Crippen LogP contribution is -2.06. The predicted molar refractivity (Wildman–Crippen MR) is 82.7 cm³/mol. The first kappa shape index (κ1) is 13.6.